The highest BCUT2D eigenvalue weighted by Gasteiger charge is 2.67. The van der Waals surface area contributed by atoms with Crippen molar-refractivity contribution in [2.45, 2.75) is 41.9 Å². The number of methoxy groups -OCH3 is 1. The van der Waals surface area contributed by atoms with E-state index in [1.807, 2.05) is 0 Å². The second kappa shape index (κ2) is 18.0. The highest BCUT2D eigenvalue weighted by Crippen LogP contribution is 2.51. The molecule has 0 aliphatic heterocycles. The Labute approximate surface area is 376 Å². The Kier molecular flexibility index (Phi) is 14.2. The maximum atomic E-state index is 15.8. The fourth-order valence-corrected chi connectivity index (χ4v) is 6.26. The zero-order valence-corrected chi connectivity index (χ0v) is 34.9. The molecule has 0 amide bonds. The van der Waals surface area contributed by atoms with Gasteiger partial charge in [-0.1, -0.05) is 48.5 Å². The van der Waals surface area contributed by atoms with Gasteiger partial charge in [-0.05, 0) is 30.2 Å². The average Bonchev–Trinajstić information content (AvgIpc) is 3.25. The number of hydrogen-bond donors (Lipinski definition) is 2. The van der Waals surface area contributed by atoms with Crippen molar-refractivity contribution in [2.75, 3.05) is 7.11 Å². The maximum Gasteiger partial charge on any atom is 0.492 e. The van der Waals surface area contributed by atoms with Gasteiger partial charge >= 0.3 is 55.2 Å². The Balaban J connectivity index is 1.72. The summed E-state index contributed by atoms with van der Waals surface area (Å²) in [6.07, 6.45) is -12.9. The minimum Gasteiger partial charge on any atom is -0.496 e. The second-order valence-corrected chi connectivity index (χ2v) is 16.6. The summed E-state index contributed by atoms with van der Waals surface area (Å²) in [5.74, 6) is -37.1. The highest BCUT2D eigenvalue weighted by atomic mass is 32.2. The van der Waals surface area contributed by atoms with Crippen LogP contribution in [0.1, 0.15) is 16.7 Å². The first-order valence-electron chi connectivity index (χ1n) is 17.6. The van der Waals surface area contributed by atoms with Crippen LogP contribution < -0.4 is 9.47 Å². The van der Waals surface area contributed by atoms with E-state index in [0.29, 0.717) is 43.3 Å². The zero-order chi connectivity index (χ0) is 53.4. The quantitative estimate of drug-likeness (QED) is 0.0556. The minimum absolute atomic E-state index is 0.00807. The monoisotopic (exact) mass is 1080 g/mol. The number of benzene rings is 5. The fraction of sp³-hybridized carbons (Fsp3) is 0.211. The standard InChI is InChI=1S/C38H18F20O10S2/c1-13-24(39)26(41)22(27(42)25(13)40)23-28(43)30(45)32(31(46)29(23)44)66-21-12-18(14-3-7-16(8-4-14)33(47,48)35(51,52)67-37(55,56)69(59,60)61)20(65-2)11-19(21)15-5-9-17(10-6-15)34(49,50)36(53,54)68-38(57,58)70(62,63)64/h3-12H,1-2H3,(H,59,60,61)(H,62,63,64). The number of rotatable bonds is 16. The molecule has 5 aromatic rings. The number of ether oxygens (including phenoxy) is 4. The zero-order valence-electron chi connectivity index (χ0n) is 33.3. The van der Waals surface area contributed by atoms with E-state index < -0.39 is 169 Å². The molecular formula is C38H18F20O10S2. The normalized spacial score (nSPS) is 13.5. The molecule has 5 rings (SSSR count). The third kappa shape index (κ3) is 9.49. The first-order chi connectivity index (χ1) is 31.7. The summed E-state index contributed by atoms with van der Waals surface area (Å²) in [7, 11) is -13.1. The summed E-state index contributed by atoms with van der Waals surface area (Å²) < 4.78 is 367. The largest absolute Gasteiger partial charge is 0.496 e. The molecule has 0 aliphatic rings. The lowest BCUT2D eigenvalue weighted by Crippen LogP contribution is -2.48. The van der Waals surface area contributed by atoms with Gasteiger partial charge in [0.25, 0.3) is 0 Å². The molecule has 0 heterocycles. The van der Waals surface area contributed by atoms with Crippen molar-refractivity contribution >= 4 is 20.2 Å². The third-order valence-corrected chi connectivity index (χ3v) is 10.8. The van der Waals surface area contributed by atoms with E-state index in [0.717, 1.165) is 7.11 Å². The van der Waals surface area contributed by atoms with Gasteiger partial charge in [-0.25, -0.2) is 35.8 Å². The fourth-order valence-electron chi connectivity index (χ4n) is 5.84. The van der Waals surface area contributed by atoms with Crippen molar-refractivity contribution in [3.05, 3.63) is 124 Å². The van der Waals surface area contributed by atoms with E-state index >= 15 is 17.6 Å². The maximum absolute atomic E-state index is 15.8. The van der Waals surface area contributed by atoms with Crippen molar-refractivity contribution in [2.24, 2.45) is 0 Å². The van der Waals surface area contributed by atoms with Gasteiger partial charge in [-0.15, -0.1) is 0 Å². The molecule has 0 saturated carbocycles. The van der Waals surface area contributed by atoms with E-state index in [9.17, 15) is 87.1 Å². The van der Waals surface area contributed by atoms with E-state index in [1.165, 1.54) is 0 Å². The van der Waals surface area contributed by atoms with Gasteiger partial charge in [-0.2, -0.15) is 78.3 Å². The van der Waals surface area contributed by atoms with Gasteiger partial charge in [0.05, 0.1) is 18.2 Å². The summed E-state index contributed by atoms with van der Waals surface area (Å²) in [6, 6.07) is 2.35. The topological polar surface area (TPSA) is 146 Å². The van der Waals surface area contributed by atoms with Gasteiger partial charge in [-0.3, -0.25) is 9.11 Å². The molecule has 2 N–H and O–H groups in total. The number of hydrogen-bond acceptors (Lipinski definition) is 8. The Morgan fingerprint density at radius 2 is 0.757 bits per heavy atom. The van der Waals surface area contributed by atoms with Crippen LogP contribution >= 0.6 is 0 Å². The van der Waals surface area contributed by atoms with Crippen LogP contribution in [0.15, 0.2) is 60.7 Å². The van der Waals surface area contributed by atoms with E-state index in [2.05, 4.69) is 9.47 Å². The molecule has 0 bridgehead atoms. The van der Waals surface area contributed by atoms with Gasteiger partial charge in [0.2, 0.25) is 17.4 Å². The van der Waals surface area contributed by atoms with Crippen LogP contribution in [0, 0.1) is 53.5 Å². The molecule has 0 aromatic heterocycles. The van der Waals surface area contributed by atoms with Gasteiger partial charge in [0.1, 0.15) is 11.5 Å². The van der Waals surface area contributed by atoms with Crippen molar-refractivity contribution in [1.82, 2.24) is 0 Å². The summed E-state index contributed by atoms with van der Waals surface area (Å²) in [4.78, 5) is 0. The molecule has 10 nitrogen and oxygen atoms in total. The summed E-state index contributed by atoms with van der Waals surface area (Å²) in [5.41, 5.74) is -25.7. The Bertz CT molecular complexity index is 3060. The van der Waals surface area contributed by atoms with E-state index in [-0.39, 0.29) is 24.3 Å². The molecular weight excluding hydrogens is 1060 g/mol. The van der Waals surface area contributed by atoms with Gasteiger partial charge in [0.15, 0.2) is 34.9 Å². The first kappa shape index (κ1) is 55.0. The summed E-state index contributed by atoms with van der Waals surface area (Å²) in [6.45, 7) is 0.446. The van der Waals surface area contributed by atoms with Crippen molar-refractivity contribution in [1.29, 1.82) is 0 Å². The van der Waals surface area contributed by atoms with Crippen LogP contribution in [0.25, 0.3) is 33.4 Å². The molecule has 0 unspecified atom stereocenters. The van der Waals surface area contributed by atoms with Crippen LogP contribution in [0.4, 0.5) is 87.8 Å². The Morgan fingerprint density at radius 3 is 1.07 bits per heavy atom. The highest BCUT2D eigenvalue weighted by molar-refractivity contribution is 7.86. The molecule has 32 heteroatoms. The van der Waals surface area contributed by atoms with Crippen LogP contribution in [0.2, 0.25) is 0 Å². The lowest BCUT2D eigenvalue weighted by molar-refractivity contribution is -0.412. The lowest BCUT2D eigenvalue weighted by Gasteiger charge is -2.28. The van der Waals surface area contributed by atoms with Crippen LogP contribution in [-0.4, -0.2) is 56.1 Å². The molecule has 70 heavy (non-hydrogen) atoms. The predicted molar refractivity (Wildman–Crippen MR) is 193 cm³/mol. The average molecular weight is 1080 g/mol. The Morgan fingerprint density at radius 1 is 0.457 bits per heavy atom. The molecule has 0 fully saturated rings. The van der Waals surface area contributed by atoms with Crippen molar-refractivity contribution < 1.29 is 133 Å². The van der Waals surface area contributed by atoms with Crippen molar-refractivity contribution in [3.8, 4) is 50.6 Å². The van der Waals surface area contributed by atoms with Gasteiger partial charge in [0, 0.05) is 27.8 Å². The number of halogens is 20. The summed E-state index contributed by atoms with van der Waals surface area (Å²) >= 11 is 0. The Hall–Kier alpha value is -5.96. The third-order valence-electron chi connectivity index (χ3n) is 9.41. The molecule has 0 atom stereocenters. The van der Waals surface area contributed by atoms with E-state index in [4.69, 9.17) is 18.6 Å². The van der Waals surface area contributed by atoms with Gasteiger partial charge < -0.3 is 9.47 Å². The first-order valence-corrected chi connectivity index (χ1v) is 20.5. The minimum atomic E-state index is -6.92. The lowest BCUT2D eigenvalue weighted by atomic mass is 9.95. The molecule has 0 radical (unpaired) electrons. The van der Waals surface area contributed by atoms with Crippen LogP contribution in [0.5, 0.6) is 17.2 Å². The van der Waals surface area contributed by atoms with Crippen LogP contribution in [0.3, 0.4) is 0 Å². The van der Waals surface area contributed by atoms with Crippen molar-refractivity contribution in [3.63, 3.8) is 0 Å². The molecule has 5 aromatic carbocycles. The molecule has 0 aliphatic carbocycles. The molecule has 0 saturated heterocycles. The molecule has 0 spiro atoms. The number of alkyl halides is 12. The summed E-state index contributed by atoms with van der Waals surface area (Å²) in [5, 5.41) is 0. The smallest absolute Gasteiger partial charge is 0.492 e. The predicted octanol–water partition coefficient (Wildman–Crippen LogP) is 12.2. The van der Waals surface area contributed by atoms with E-state index in [1.54, 1.807) is 0 Å². The van der Waals surface area contributed by atoms with Crippen LogP contribution in [-0.2, 0) is 41.6 Å². The molecule has 382 valence electrons. The second-order valence-electron chi connectivity index (χ2n) is 13.8. The SMILES string of the molecule is COc1cc(-c2ccc(C(F)(F)C(F)(F)OC(F)(F)S(=O)(=O)O)cc2)c(Oc2c(F)c(F)c(-c3c(F)c(F)c(C)c(F)c3F)c(F)c2F)cc1-c1ccc(C(F)(F)C(F)(F)OC(F)(F)S(=O)(=O)O)cc1.